The molecule has 1 N–H and O–H groups in total. The van der Waals surface area contributed by atoms with Crippen LogP contribution in [0.15, 0.2) is 18.2 Å². The van der Waals surface area contributed by atoms with Gasteiger partial charge in [-0.05, 0) is 60.3 Å². The van der Waals surface area contributed by atoms with Crippen LogP contribution in [0.2, 0.25) is 0 Å². The van der Waals surface area contributed by atoms with Gasteiger partial charge in [-0.3, -0.25) is 0 Å². The van der Waals surface area contributed by atoms with Crippen LogP contribution in [0.25, 0.3) is 0 Å². The Morgan fingerprint density at radius 1 is 1.26 bits per heavy atom. The van der Waals surface area contributed by atoms with E-state index in [0.29, 0.717) is 5.92 Å². The molecule has 0 aromatic heterocycles. The summed E-state index contributed by atoms with van der Waals surface area (Å²) in [4.78, 5) is 0. The molecule has 1 saturated carbocycles. The van der Waals surface area contributed by atoms with E-state index in [0.717, 1.165) is 30.4 Å². The van der Waals surface area contributed by atoms with Crippen molar-refractivity contribution < 1.29 is 9.50 Å². The number of halogens is 1. The molecular formula is C17H25FO. The molecule has 106 valence electrons. The molecule has 0 bridgehead atoms. The van der Waals surface area contributed by atoms with E-state index in [4.69, 9.17) is 0 Å². The first-order valence-electron chi connectivity index (χ1n) is 7.27. The molecule has 0 aliphatic heterocycles. The van der Waals surface area contributed by atoms with Crippen LogP contribution in [0.4, 0.5) is 4.39 Å². The van der Waals surface area contributed by atoms with Crippen molar-refractivity contribution in [2.24, 2.45) is 11.8 Å². The molecule has 1 aliphatic carbocycles. The minimum Gasteiger partial charge on any atom is -0.393 e. The molecule has 19 heavy (non-hydrogen) atoms. The summed E-state index contributed by atoms with van der Waals surface area (Å²) in [6, 6.07) is 4.98. The number of aliphatic hydroxyl groups is 1. The van der Waals surface area contributed by atoms with Crippen LogP contribution in [0.1, 0.15) is 51.2 Å². The lowest BCUT2D eigenvalue weighted by Gasteiger charge is -2.43. The quantitative estimate of drug-likeness (QED) is 0.848. The van der Waals surface area contributed by atoms with Crippen molar-refractivity contribution in [2.75, 3.05) is 0 Å². The average Bonchev–Trinajstić information content (AvgIpc) is 2.31. The summed E-state index contributed by atoms with van der Waals surface area (Å²) in [6.07, 6.45) is 2.76. The van der Waals surface area contributed by atoms with E-state index >= 15 is 0 Å². The highest BCUT2D eigenvalue weighted by atomic mass is 19.1. The van der Waals surface area contributed by atoms with E-state index in [1.807, 2.05) is 13.0 Å². The molecule has 0 amide bonds. The first-order chi connectivity index (χ1) is 8.82. The third kappa shape index (κ3) is 2.84. The second-order valence-electron chi connectivity index (χ2n) is 6.77. The van der Waals surface area contributed by atoms with E-state index in [1.165, 1.54) is 6.07 Å². The molecule has 2 heteroatoms. The zero-order valence-corrected chi connectivity index (χ0v) is 12.4. The minimum absolute atomic E-state index is 0.188. The van der Waals surface area contributed by atoms with Gasteiger partial charge in [0.2, 0.25) is 0 Å². The predicted molar refractivity (Wildman–Crippen MR) is 76.7 cm³/mol. The van der Waals surface area contributed by atoms with E-state index in [9.17, 15) is 9.50 Å². The maximum Gasteiger partial charge on any atom is 0.123 e. The van der Waals surface area contributed by atoms with Crippen LogP contribution in [0.5, 0.6) is 0 Å². The molecule has 0 heterocycles. The maximum absolute atomic E-state index is 13.5. The zero-order chi connectivity index (χ0) is 14.2. The summed E-state index contributed by atoms with van der Waals surface area (Å²) in [7, 11) is 0. The Bertz CT molecular complexity index is 453. The maximum atomic E-state index is 13.5. The van der Waals surface area contributed by atoms with Crippen LogP contribution < -0.4 is 0 Å². The van der Waals surface area contributed by atoms with Crippen molar-refractivity contribution in [2.45, 2.75) is 58.5 Å². The van der Waals surface area contributed by atoms with Gasteiger partial charge in [0.05, 0.1) is 6.10 Å². The first-order valence-corrected chi connectivity index (χ1v) is 7.27. The van der Waals surface area contributed by atoms with Crippen LogP contribution in [-0.2, 0) is 5.41 Å². The number of aryl methyl sites for hydroxylation is 1. The van der Waals surface area contributed by atoms with Gasteiger partial charge in [-0.15, -0.1) is 0 Å². The van der Waals surface area contributed by atoms with E-state index in [2.05, 4.69) is 20.8 Å². The predicted octanol–water partition coefficient (Wildman–Crippen LogP) is 4.21. The highest BCUT2D eigenvalue weighted by molar-refractivity contribution is 5.34. The van der Waals surface area contributed by atoms with Gasteiger partial charge in [0.15, 0.2) is 0 Å². The van der Waals surface area contributed by atoms with Gasteiger partial charge in [0, 0.05) is 0 Å². The average molecular weight is 264 g/mol. The number of benzene rings is 1. The molecule has 3 atom stereocenters. The molecular weight excluding hydrogens is 239 g/mol. The lowest BCUT2D eigenvalue weighted by molar-refractivity contribution is 0.0141. The van der Waals surface area contributed by atoms with Crippen molar-refractivity contribution in [3.05, 3.63) is 35.1 Å². The Kier molecular flexibility index (Phi) is 4.00. The zero-order valence-electron chi connectivity index (χ0n) is 12.4. The summed E-state index contributed by atoms with van der Waals surface area (Å²) in [6.45, 7) is 8.49. The molecule has 3 unspecified atom stereocenters. The Morgan fingerprint density at radius 3 is 2.58 bits per heavy atom. The van der Waals surface area contributed by atoms with Crippen LogP contribution in [0, 0.1) is 24.6 Å². The summed E-state index contributed by atoms with van der Waals surface area (Å²) in [5.41, 5.74) is 1.95. The van der Waals surface area contributed by atoms with Crippen molar-refractivity contribution in [1.82, 2.24) is 0 Å². The van der Waals surface area contributed by atoms with E-state index in [1.54, 1.807) is 6.07 Å². The summed E-state index contributed by atoms with van der Waals surface area (Å²) in [5.74, 6) is 0.618. The van der Waals surface area contributed by atoms with Crippen LogP contribution in [-0.4, -0.2) is 11.2 Å². The van der Waals surface area contributed by atoms with Gasteiger partial charge in [0.25, 0.3) is 0 Å². The standard InChI is InChI=1S/C17H25FO/c1-11-5-8-14(16(19)9-11)17(3,4)15-10-13(18)7-6-12(15)2/h6-7,10-11,14,16,19H,5,8-9H2,1-4H3. The van der Waals surface area contributed by atoms with Crippen LogP contribution in [0.3, 0.4) is 0 Å². The molecule has 1 aromatic carbocycles. The largest absolute Gasteiger partial charge is 0.393 e. The minimum atomic E-state index is -0.276. The lowest BCUT2D eigenvalue weighted by atomic mass is 9.64. The van der Waals surface area contributed by atoms with Crippen molar-refractivity contribution >= 4 is 0 Å². The van der Waals surface area contributed by atoms with Gasteiger partial charge >= 0.3 is 0 Å². The van der Waals surface area contributed by atoms with Gasteiger partial charge in [-0.25, -0.2) is 4.39 Å². The number of hydrogen-bond acceptors (Lipinski definition) is 1. The van der Waals surface area contributed by atoms with Gasteiger partial charge in [-0.2, -0.15) is 0 Å². The van der Waals surface area contributed by atoms with Crippen LogP contribution >= 0.6 is 0 Å². The van der Waals surface area contributed by atoms with E-state index < -0.39 is 0 Å². The Balaban J connectivity index is 2.33. The fourth-order valence-electron chi connectivity index (χ4n) is 3.68. The SMILES string of the molecule is Cc1ccc(F)cc1C(C)(C)C1CCC(C)CC1O. The molecule has 0 radical (unpaired) electrons. The fourth-order valence-corrected chi connectivity index (χ4v) is 3.68. The summed E-state index contributed by atoms with van der Waals surface area (Å²) in [5, 5.41) is 10.4. The second-order valence-corrected chi connectivity index (χ2v) is 6.77. The molecule has 0 saturated heterocycles. The normalized spacial score (nSPS) is 28.4. The molecule has 1 fully saturated rings. The Labute approximate surface area is 115 Å². The molecule has 1 nitrogen and oxygen atoms in total. The summed E-state index contributed by atoms with van der Waals surface area (Å²) < 4.78 is 13.5. The van der Waals surface area contributed by atoms with Crippen molar-refractivity contribution in [3.63, 3.8) is 0 Å². The molecule has 0 spiro atoms. The van der Waals surface area contributed by atoms with E-state index in [-0.39, 0.29) is 23.3 Å². The third-order valence-electron chi connectivity index (χ3n) is 4.90. The van der Waals surface area contributed by atoms with Gasteiger partial charge in [-0.1, -0.05) is 33.3 Å². The lowest BCUT2D eigenvalue weighted by Crippen LogP contribution is -2.41. The van der Waals surface area contributed by atoms with Crippen molar-refractivity contribution in [1.29, 1.82) is 0 Å². The van der Waals surface area contributed by atoms with Crippen molar-refractivity contribution in [3.8, 4) is 0 Å². The Hall–Kier alpha value is -0.890. The Morgan fingerprint density at radius 2 is 1.95 bits per heavy atom. The highest BCUT2D eigenvalue weighted by Crippen LogP contribution is 2.43. The second kappa shape index (κ2) is 5.24. The molecule has 1 aliphatic rings. The number of hydrogen-bond donors (Lipinski definition) is 1. The first kappa shape index (κ1) is 14.5. The fraction of sp³-hybridized carbons (Fsp3) is 0.647. The van der Waals surface area contributed by atoms with Gasteiger partial charge < -0.3 is 5.11 Å². The topological polar surface area (TPSA) is 20.2 Å². The third-order valence-corrected chi connectivity index (χ3v) is 4.90. The summed E-state index contributed by atoms with van der Waals surface area (Å²) >= 11 is 0. The smallest absolute Gasteiger partial charge is 0.123 e. The number of rotatable bonds is 2. The highest BCUT2D eigenvalue weighted by Gasteiger charge is 2.39. The number of aliphatic hydroxyl groups excluding tert-OH is 1. The van der Waals surface area contributed by atoms with Gasteiger partial charge in [0.1, 0.15) is 5.82 Å². The monoisotopic (exact) mass is 264 g/mol. The molecule has 2 rings (SSSR count). The molecule has 1 aromatic rings.